The van der Waals surface area contributed by atoms with Gasteiger partial charge in [0.05, 0.1) is 27.3 Å². The number of rotatable bonds is 2. The Labute approximate surface area is 205 Å². The Morgan fingerprint density at radius 1 is 1.26 bits per heavy atom. The average molecular weight is 492 g/mol. The van der Waals surface area contributed by atoms with Crippen LogP contribution in [0.1, 0.15) is 24.1 Å². The lowest BCUT2D eigenvalue weighted by Gasteiger charge is -2.34. The molecular formula is C25H23ClFN7O. The minimum Gasteiger partial charge on any atom is -0.398 e. The standard InChI is InChI=1S/C25H23ClFN7O/c1-11-19(20-15(8-28)17(29)5-6-18(20)33(11)2)21-16(26)7-14-23(22(21)27)31-25(35)32-24(14)34-9-12-3-4-13(10-34)30-12/h5-7,12-13,30H,3-4,9-10,29H2,1-2H3,(H,31,32,35). The van der Waals surface area contributed by atoms with Crippen molar-refractivity contribution in [1.82, 2.24) is 19.9 Å². The molecule has 2 aromatic carbocycles. The van der Waals surface area contributed by atoms with Gasteiger partial charge in [-0.25, -0.2) is 9.18 Å². The third kappa shape index (κ3) is 3.14. The van der Waals surface area contributed by atoms with Crippen LogP contribution in [0.5, 0.6) is 0 Å². The Bertz CT molecular complexity index is 1640. The summed E-state index contributed by atoms with van der Waals surface area (Å²) in [5.41, 5.74) is 8.14. The summed E-state index contributed by atoms with van der Waals surface area (Å²) in [7, 11) is 1.84. The number of nitrogens with two attached hydrogens (primary N) is 1. The zero-order valence-electron chi connectivity index (χ0n) is 19.2. The third-order valence-corrected chi connectivity index (χ3v) is 7.77. The van der Waals surface area contributed by atoms with E-state index >= 15 is 4.39 Å². The van der Waals surface area contributed by atoms with E-state index in [1.165, 1.54) is 0 Å². The number of nitrogen functional groups attached to an aromatic ring is 1. The molecule has 0 radical (unpaired) electrons. The second kappa shape index (κ2) is 7.70. The molecule has 0 amide bonds. The van der Waals surface area contributed by atoms with E-state index < -0.39 is 11.5 Å². The Kier molecular flexibility index (Phi) is 4.82. The quantitative estimate of drug-likeness (QED) is 0.369. The van der Waals surface area contributed by atoms with Gasteiger partial charge in [-0.1, -0.05) is 11.6 Å². The molecule has 10 heteroatoms. The van der Waals surface area contributed by atoms with E-state index in [1.54, 1.807) is 18.2 Å². The molecule has 2 atom stereocenters. The lowest BCUT2D eigenvalue weighted by molar-refractivity contribution is 0.464. The van der Waals surface area contributed by atoms with E-state index in [0.717, 1.165) is 24.1 Å². The number of fused-ring (bicyclic) bond motifs is 4. The molecule has 2 fully saturated rings. The third-order valence-electron chi connectivity index (χ3n) is 7.47. The molecular weight excluding hydrogens is 469 g/mol. The van der Waals surface area contributed by atoms with Gasteiger partial charge in [-0.05, 0) is 38.0 Å². The Balaban J connectivity index is 1.65. The van der Waals surface area contributed by atoms with Crippen molar-refractivity contribution in [3.63, 3.8) is 0 Å². The van der Waals surface area contributed by atoms with Gasteiger partial charge in [-0.2, -0.15) is 10.2 Å². The molecule has 4 heterocycles. The summed E-state index contributed by atoms with van der Waals surface area (Å²) >= 11 is 6.77. The van der Waals surface area contributed by atoms with E-state index in [9.17, 15) is 10.1 Å². The minimum absolute atomic E-state index is 0.0455. The van der Waals surface area contributed by atoms with Crippen LogP contribution in [0.4, 0.5) is 15.9 Å². The van der Waals surface area contributed by atoms with E-state index in [-0.39, 0.29) is 21.7 Å². The summed E-state index contributed by atoms with van der Waals surface area (Å²) in [6.07, 6.45) is 2.12. The highest BCUT2D eigenvalue weighted by atomic mass is 35.5. The lowest BCUT2D eigenvalue weighted by Crippen LogP contribution is -2.51. The number of nitrogens with one attached hydrogen (secondary N) is 2. The number of nitriles is 1. The van der Waals surface area contributed by atoms with Crippen LogP contribution in [0.15, 0.2) is 23.0 Å². The first-order valence-corrected chi connectivity index (χ1v) is 11.9. The van der Waals surface area contributed by atoms with Crippen LogP contribution in [0.3, 0.4) is 0 Å². The van der Waals surface area contributed by atoms with Gasteiger partial charge in [0.25, 0.3) is 0 Å². The first-order valence-electron chi connectivity index (χ1n) is 11.5. The Morgan fingerprint density at radius 2 is 1.97 bits per heavy atom. The van der Waals surface area contributed by atoms with Gasteiger partial charge < -0.3 is 25.5 Å². The first kappa shape index (κ1) is 21.9. The molecule has 6 rings (SSSR count). The Morgan fingerprint density at radius 3 is 2.66 bits per heavy atom. The van der Waals surface area contributed by atoms with Gasteiger partial charge >= 0.3 is 5.69 Å². The fourth-order valence-corrected chi connectivity index (χ4v) is 6.03. The number of hydrogen-bond donors (Lipinski definition) is 3. The number of aryl methyl sites for hydroxylation is 1. The van der Waals surface area contributed by atoms with Crippen LogP contribution in [0.25, 0.3) is 32.9 Å². The van der Waals surface area contributed by atoms with Crippen LogP contribution in [-0.4, -0.2) is 39.7 Å². The van der Waals surface area contributed by atoms with Crippen LogP contribution < -0.4 is 21.6 Å². The molecule has 2 aliphatic heterocycles. The first-order chi connectivity index (χ1) is 16.8. The normalized spacial score (nSPS) is 19.6. The molecule has 2 bridgehead atoms. The molecule has 4 aromatic rings. The summed E-state index contributed by atoms with van der Waals surface area (Å²) in [6, 6.07) is 7.92. The van der Waals surface area contributed by atoms with Gasteiger partial charge in [0, 0.05) is 59.8 Å². The Hall–Kier alpha value is -3.61. The van der Waals surface area contributed by atoms with Gasteiger partial charge in [0.1, 0.15) is 11.9 Å². The van der Waals surface area contributed by atoms with Crippen molar-refractivity contribution in [3.05, 3.63) is 50.8 Å². The molecule has 0 saturated carbocycles. The number of H-pyrrole nitrogens is 1. The molecule has 0 spiro atoms. The van der Waals surface area contributed by atoms with Crippen molar-refractivity contribution in [2.45, 2.75) is 31.8 Å². The van der Waals surface area contributed by atoms with Gasteiger partial charge in [-0.3, -0.25) is 0 Å². The highest BCUT2D eigenvalue weighted by molar-refractivity contribution is 6.35. The summed E-state index contributed by atoms with van der Waals surface area (Å²) in [5, 5.41) is 14.5. The van der Waals surface area contributed by atoms with Crippen LogP contribution >= 0.6 is 11.6 Å². The fourth-order valence-electron chi connectivity index (χ4n) is 5.75. The van der Waals surface area contributed by atoms with E-state index in [4.69, 9.17) is 17.3 Å². The number of benzene rings is 2. The molecule has 2 saturated heterocycles. The maximum absolute atomic E-state index is 16.3. The topological polar surface area (TPSA) is 116 Å². The highest BCUT2D eigenvalue weighted by Gasteiger charge is 2.34. The number of piperazine rings is 1. The van der Waals surface area contributed by atoms with Crippen molar-refractivity contribution < 1.29 is 4.39 Å². The molecule has 2 unspecified atom stereocenters. The van der Waals surface area contributed by atoms with Crippen LogP contribution in [-0.2, 0) is 7.05 Å². The lowest BCUT2D eigenvalue weighted by atomic mass is 9.96. The fraction of sp³-hybridized carbons (Fsp3) is 0.320. The number of aromatic amines is 1. The predicted octanol–water partition coefficient (Wildman–Crippen LogP) is 3.58. The average Bonchev–Trinajstić information content (AvgIpc) is 3.29. The molecule has 8 nitrogen and oxygen atoms in total. The minimum atomic E-state index is -0.659. The van der Waals surface area contributed by atoms with Crippen molar-refractivity contribution in [2.75, 3.05) is 23.7 Å². The molecule has 178 valence electrons. The SMILES string of the molecule is Cc1c(-c2c(Cl)cc3c(N4CC5CCC(C4)N5)nc(=O)[nH]c3c2F)c2c(C#N)c(N)ccc2n1C. The van der Waals surface area contributed by atoms with E-state index in [0.29, 0.717) is 53.0 Å². The van der Waals surface area contributed by atoms with Crippen molar-refractivity contribution in [3.8, 4) is 17.2 Å². The maximum Gasteiger partial charge on any atom is 0.347 e. The maximum atomic E-state index is 16.3. The number of halogens is 2. The number of anilines is 2. The predicted molar refractivity (Wildman–Crippen MR) is 135 cm³/mol. The largest absolute Gasteiger partial charge is 0.398 e. The van der Waals surface area contributed by atoms with Crippen molar-refractivity contribution in [1.29, 1.82) is 5.26 Å². The smallest absolute Gasteiger partial charge is 0.347 e. The molecule has 2 aliphatic rings. The summed E-state index contributed by atoms with van der Waals surface area (Å²) < 4.78 is 18.2. The molecule has 2 aromatic heterocycles. The van der Waals surface area contributed by atoms with Crippen LogP contribution in [0, 0.1) is 24.1 Å². The second-order valence-corrected chi connectivity index (χ2v) is 9.84. The zero-order chi connectivity index (χ0) is 24.6. The second-order valence-electron chi connectivity index (χ2n) is 9.43. The van der Waals surface area contributed by atoms with Gasteiger partial charge in [0.2, 0.25) is 0 Å². The van der Waals surface area contributed by atoms with Gasteiger partial charge in [0.15, 0.2) is 5.82 Å². The monoisotopic (exact) mass is 491 g/mol. The number of nitrogens with zero attached hydrogens (tertiary/aromatic N) is 4. The summed E-state index contributed by atoms with van der Waals surface area (Å²) in [6.45, 7) is 3.22. The van der Waals surface area contributed by atoms with Gasteiger partial charge in [-0.15, -0.1) is 0 Å². The van der Waals surface area contributed by atoms with Crippen molar-refractivity contribution >= 4 is 44.9 Å². The summed E-state index contributed by atoms with van der Waals surface area (Å²) in [4.78, 5) is 21.4. The van der Waals surface area contributed by atoms with E-state index in [1.807, 2.05) is 23.4 Å². The van der Waals surface area contributed by atoms with E-state index in [2.05, 4.69) is 21.4 Å². The molecule has 0 aliphatic carbocycles. The molecule has 4 N–H and O–H groups in total. The van der Waals surface area contributed by atoms with Crippen LogP contribution in [0.2, 0.25) is 5.02 Å². The number of aromatic nitrogens is 3. The van der Waals surface area contributed by atoms with Crippen molar-refractivity contribution in [2.24, 2.45) is 7.05 Å². The zero-order valence-corrected chi connectivity index (χ0v) is 20.0. The highest BCUT2D eigenvalue weighted by Crippen LogP contribution is 2.44. The number of hydrogen-bond acceptors (Lipinski definition) is 6. The molecule has 35 heavy (non-hydrogen) atoms. The summed E-state index contributed by atoms with van der Waals surface area (Å²) in [5.74, 6) is -0.223.